The van der Waals surface area contributed by atoms with Gasteiger partial charge in [-0.25, -0.2) is 4.79 Å². The van der Waals surface area contributed by atoms with Crippen LogP contribution in [0.3, 0.4) is 0 Å². The fraction of sp³-hybridized carbons (Fsp3) is 0.467. The summed E-state index contributed by atoms with van der Waals surface area (Å²) in [5.74, 6) is -1.07. The molecule has 1 aromatic carbocycles. The highest BCUT2D eigenvalue weighted by molar-refractivity contribution is 5.96. The summed E-state index contributed by atoms with van der Waals surface area (Å²) in [5.41, 5.74) is 0.395. The summed E-state index contributed by atoms with van der Waals surface area (Å²) in [6, 6.07) is 6.03. The molecule has 0 bridgehead atoms. The summed E-state index contributed by atoms with van der Waals surface area (Å²) in [6.45, 7) is 5.69. The number of ether oxygens (including phenoxy) is 1. The highest BCUT2D eigenvalue weighted by Crippen LogP contribution is 2.22. The molecule has 1 heterocycles. The zero-order chi connectivity index (χ0) is 14.8. The molecule has 2 rings (SSSR count). The minimum absolute atomic E-state index is 0.0788. The van der Waals surface area contributed by atoms with Crippen molar-refractivity contribution in [1.29, 1.82) is 0 Å². The second kappa shape index (κ2) is 5.63. The van der Waals surface area contributed by atoms with Crippen LogP contribution in [0, 0.1) is 0 Å². The maximum absolute atomic E-state index is 12.4. The maximum Gasteiger partial charge on any atom is 0.335 e. The van der Waals surface area contributed by atoms with E-state index in [9.17, 15) is 9.59 Å². The molecule has 1 atom stereocenters. The number of hydrogen-bond donors (Lipinski definition) is 1. The summed E-state index contributed by atoms with van der Waals surface area (Å²) < 4.78 is 5.71. The van der Waals surface area contributed by atoms with E-state index in [0.29, 0.717) is 25.3 Å². The molecule has 0 radical (unpaired) electrons. The van der Waals surface area contributed by atoms with Crippen LogP contribution < -0.4 is 0 Å². The zero-order valence-electron chi connectivity index (χ0n) is 11.8. The molecule has 0 aliphatic carbocycles. The number of rotatable bonds is 3. The fourth-order valence-electron chi connectivity index (χ4n) is 2.26. The van der Waals surface area contributed by atoms with Crippen molar-refractivity contribution in [2.45, 2.75) is 25.9 Å². The first-order valence-corrected chi connectivity index (χ1v) is 6.72. The number of carboxylic acid groups (broad SMARTS) is 1. The van der Waals surface area contributed by atoms with Crippen LogP contribution in [0.2, 0.25) is 0 Å². The van der Waals surface area contributed by atoms with Crippen LogP contribution in [-0.4, -0.2) is 47.2 Å². The fourth-order valence-corrected chi connectivity index (χ4v) is 2.26. The number of morpholine rings is 1. The number of carboxylic acids is 1. The Bertz CT molecular complexity index is 511. The Morgan fingerprint density at radius 1 is 1.30 bits per heavy atom. The minimum atomic E-state index is -0.992. The van der Waals surface area contributed by atoms with Gasteiger partial charge in [-0.1, -0.05) is 6.92 Å². The van der Waals surface area contributed by atoms with Gasteiger partial charge in [0, 0.05) is 18.7 Å². The molecule has 5 nitrogen and oxygen atoms in total. The Morgan fingerprint density at radius 2 is 1.90 bits per heavy atom. The molecule has 0 saturated carbocycles. The predicted octanol–water partition coefficient (Wildman–Crippen LogP) is 2.03. The van der Waals surface area contributed by atoms with Crippen molar-refractivity contribution >= 4 is 11.9 Å². The van der Waals surface area contributed by atoms with Crippen molar-refractivity contribution in [2.75, 3.05) is 19.7 Å². The molecule has 1 saturated heterocycles. The molecule has 108 valence electrons. The van der Waals surface area contributed by atoms with Gasteiger partial charge in [-0.3, -0.25) is 4.79 Å². The van der Waals surface area contributed by atoms with Gasteiger partial charge >= 0.3 is 5.97 Å². The van der Waals surface area contributed by atoms with Gasteiger partial charge in [0.05, 0.1) is 17.8 Å². The van der Waals surface area contributed by atoms with Crippen molar-refractivity contribution in [2.24, 2.45) is 0 Å². The molecule has 5 heteroatoms. The lowest BCUT2D eigenvalue weighted by molar-refractivity contribution is -0.0897. The Kier molecular flexibility index (Phi) is 4.09. The van der Waals surface area contributed by atoms with Crippen molar-refractivity contribution in [1.82, 2.24) is 4.90 Å². The van der Waals surface area contributed by atoms with E-state index in [1.54, 1.807) is 17.0 Å². The molecule has 0 spiro atoms. The Labute approximate surface area is 118 Å². The maximum atomic E-state index is 12.4. The van der Waals surface area contributed by atoms with E-state index in [-0.39, 0.29) is 17.1 Å². The summed E-state index contributed by atoms with van der Waals surface area (Å²) in [4.78, 5) is 25.0. The first kappa shape index (κ1) is 14.5. The number of amides is 1. The summed E-state index contributed by atoms with van der Waals surface area (Å²) in [5, 5.41) is 8.85. The van der Waals surface area contributed by atoms with Gasteiger partial charge in [0.15, 0.2) is 0 Å². The summed E-state index contributed by atoms with van der Waals surface area (Å²) in [7, 11) is 0. The third-order valence-corrected chi connectivity index (χ3v) is 3.75. The minimum Gasteiger partial charge on any atom is -0.478 e. The number of carbonyl (C=O) groups excluding carboxylic acids is 1. The lowest BCUT2D eigenvalue weighted by Crippen LogP contribution is -2.51. The van der Waals surface area contributed by atoms with E-state index in [1.165, 1.54) is 12.1 Å². The molecule has 1 N–H and O–H groups in total. The monoisotopic (exact) mass is 277 g/mol. The van der Waals surface area contributed by atoms with Crippen LogP contribution in [0.5, 0.6) is 0 Å². The van der Waals surface area contributed by atoms with E-state index in [2.05, 4.69) is 0 Å². The smallest absolute Gasteiger partial charge is 0.335 e. The Morgan fingerprint density at radius 3 is 2.45 bits per heavy atom. The van der Waals surface area contributed by atoms with Crippen LogP contribution >= 0.6 is 0 Å². The third kappa shape index (κ3) is 2.99. The number of carbonyl (C=O) groups is 2. The number of hydrogen-bond acceptors (Lipinski definition) is 3. The molecule has 20 heavy (non-hydrogen) atoms. The van der Waals surface area contributed by atoms with E-state index in [1.807, 2.05) is 13.8 Å². The average molecular weight is 277 g/mol. The van der Waals surface area contributed by atoms with Crippen LogP contribution in [0.1, 0.15) is 41.0 Å². The molecule has 1 fully saturated rings. The van der Waals surface area contributed by atoms with Crippen molar-refractivity contribution < 1.29 is 19.4 Å². The molecule has 1 aliphatic rings. The molecule has 1 aliphatic heterocycles. The van der Waals surface area contributed by atoms with Gasteiger partial charge in [0.25, 0.3) is 5.91 Å². The second-order valence-electron chi connectivity index (χ2n) is 5.26. The first-order chi connectivity index (χ1) is 9.45. The highest BCUT2D eigenvalue weighted by atomic mass is 16.5. The van der Waals surface area contributed by atoms with E-state index < -0.39 is 5.97 Å². The topological polar surface area (TPSA) is 66.8 Å². The quantitative estimate of drug-likeness (QED) is 0.918. The Hall–Kier alpha value is -1.88. The number of benzene rings is 1. The molecule has 0 aromatic heterocycles. The van der Waals surface area contributed by atoms with E-state index in [0.717, 1.165) is 6.42 Å². The Balaban J connectivity index is 2.12. The predicted molar refractivity (Wildman–Crippen MR) is 74.0 cm³/mol. The van der Waals surface area contributed by atoms with Crippen LogP contribution in [0.15, 0.2) is 24.3 Å². The van der Waals surface area contributed by atoms with E-state index in [4.69, 9.17) is 9.84 Å². The zero-order valence-corrected chi connectivity index (χ0v) is 11.8. The SMILES string of the molecule is CCC1(C)CN(C(=O)c2ccc(C(=O)O)cc2)CCO1. The van der Waals surface area contributed by atoms with Gasteiger partial charge in [-0.2, -0.15) is 0 Å². The lowest BCUT2D eigenvalue weighted by atomic mass is 10.00. The van der Waals surface area contributed by atoms with Crippen LogP contribution in [-0.2, 0) is 4.74 Å². The summed E-state index contributed by atoms with van der Waals surface area (Å²) in [6.07, 6.45) is 0.842. The molecule has 1 aromatic rings. The largest absolute Gasteiger partial charge is 0.478 e. The first-order valence-electron chi connectivity index (χ1n) is 6.72. The van der Waals surface area contributed by atoms with Gasteiger partial charge in [-0.05, 0) is 37.6 Å². The van der Waals surface area contributed by atoms with Gasteiger partial charge in [-0.15, -0.1) is 0 Å². The van der Waals surface area contributed by atoms with Gasteiger partial charge in [0.1, 0.15) is 0 Å². The lowest BCUT2D eigenvalue weighted by Gasteiger charge is -2.40. The normalized spacial score (nSPS) is 22.6. The average Bonchev–Trinajstić information content (AvgIpc) is 2.46. The van der Waals surface area contributed by atoms with Crippen molar-refractivity contribution in [3.8, 4) is 0 Å². The second-order valence-corrected chi connectivity index (χ2v) is 5.26. The molecular weight excluding hydrogens is 258 g/mol. The molecule has 1 unspecified atom stereocenters. The van der Waals surface area contributed by atoms with Crippen LogP contribution in [0.25, 0.3) is 0 Å². The highest BCUT2D eigenvalue weighted by Gasteiger charge is 2.32. The standard InChI is InChI=1S/C15H19NO4/c1-3-15(2)10-16(8-9-20-15)13(17)11-4-6-12(7-5-11)14(18)19/h4-7H,3,8-10H2,1-2H3,(H,18,19). The molecular formula is C15H19NO4. The van der Waals surface area contributed by atoms with Crippen LogP contribution in [0.4, 0.5) is 0 Å². The number of nitrogens with zero attached hydrogens (tertiary/aromatic N) is 1. The van der Waals surface area contributed by atoms with Gasteiger partial charge < -0.3 is 14.7 Å². The van der Waals surface area contributed by atoms with E-state index >= 15 is 0 Å². The van der Waals surface area contributed by atoms with Crippen molar-refractivity contribution in [3.63, 3.8) is 0 Å². The third-order valence-electron chi connectivity index (χ3n) is 3.75. The molecule has 1 amide bonds. The summed E-state index contributed by atoms with van der Waals surface area (Å²) >= 11 is 0. The van der Waals surface area contributed by atoms with Crippen molar-refractivity contribution in [3.05, 3.63) is 35.4 Å². The number of aromatic carboxylic acids is 1. The van der Waals surface area contributed by atoms with Gasteiger partial charge in [0.2, 0.25) is 0 Å².